The number of hydrogen-bond acceptors (Lipinski definition) is 2. The highest BCUT2D eigenvalue weighted by Crippen LogP contribution is 2.67. The lowest BCUT2D eigenvalue weighted by Crippen LogP contribution is -2.54. The summed E-state index contributed by atoms with van der Waals surface area (Å²) in [5, 5.41) is 0. The van der Waals surface area contributed by atoms with Gasteiger partial charge < -0.3 is 9.64 Å². The first-order valence-corrected chi connectivity index (χ1v) is 12.7. The van der Waals surface area contributed by atoms with Crippen molar-refractivity contribution in [2.24, 2.45) is 11.3 Å². The molecule has 4 aliphatic carbocycles. The zero-order valence-electron chi connectivity index (χ0n) is 19.8. The monoisotopic (exact) mass is 425 g/mol. The SMILES string of the molecule is CN(C)[C@@H]1CCC2=CC3=CC[C@]4(C)C(c5ccc6c(c5)C=CC6)=CC[C@H]4C34CC[C@]2(C1)O4. The maximum Gasteiger partial charge on any atom is 0.0980 e. The molecule has 5 atom stereocenters. The predicted octanol–water partition coefficient (Wildman–Crippen LogP) is 6.34. The summed E-state index contributed by atoms with van der Waals surface area (Å²) >= 11 is 0. The van der Waals surface area contributed by atoms with E-state index in [0.717, 1.165) is 19.3 Å². The first-order chi connectivity index (χ1) is 15.4. The fraction of sp³-hybridized carbons (Fsp3) is 0.533. The first-order valence-electron chi connectivity index (χ1n) is 12.7. The standard InChI is InChI=1S/C30H35NO/c1-28-14-13-24-18-23-9-10-25(31(2)3)19-29(23)15-16-30(24,32-29)27(28)12-11-26(28)22-8-7-20-5-4-6-21(20)17-22/h4,6-8,11,13,17-18,25,27H,5,9-10,12,14-16,19H2,1-3H3/t25-,27-,28-,29-,30?/m1/s1. The van der Waals surface area contributed by atoms with Gasteiger partial charge in [0, 0.05) is 17.4 Å². The van der Waals surface area contributed by atoms with Crippen LogP contribution in [0.4, 0.5) is 0 Å². The first kappa shape index (κ1) is 19.6. The third kappa shape index (κ3) is 2.38. The molecule has 2 fully saturated rings. The van der Waals surface area contributed by atoms with Gasteiger partial charge in [-0.3, -0.25) is 0 Å². The normalized spacial score (nSPS) is 40.9. The van der Waals surface area contributed by atoms with Crippen LogP contribution in [0.3, 0.4) is 0 Å². The molecule has 2 heterocycles. The number of benzene rings is 1. The van der Waals surface area contributed by atoms with Gasteiger partial charge in [0.1, 0.15) is 0 Å². The van der Waals surface area contributed by atoms with Gasteiger partial charge in [0.15, 0.2) is 0 Å². The lowest BCUT2D eigenvalue weighted by atomic mass is 9.58. The number of nitrogens with zero attached hydrogens (tertiary/aromatic N) is 1. The average Bonchev–Trinajstić information content (AvgIpc) is 3.47. The maximum absolute atomic E-state index is 7.39. The molecule has 1 aromatic rings. The van der Waals surface area contributed by atoms with Crippen LogP contribution in [-0.4, -0.2) is 36.2 Å². The minimum absolute atomic E-state index is 0.0100. The van der Waals surface area contributed by atoms with E-state index in [1.54, 1.807) is 11.1 Å². The minimum Gasteiger partial charge on any atom is -0.359 e. The van der Waals surface area contributed by atoms with Gasteiger partial charge in [-0.15, -0.1) is 0 Å². The fourth-order valence-corrected chi connectivity index (χ4v) is 8.27. The Morgan fingerprint density at radius 1 is 1.12 bits per heavy atom. The molecule has 2 aliphatic heterocycles. The number of ether oxygens (including phenoxy) is 1. The summed E-state index contributed by atoms with van der Waals surface area (Å²) in [4.78, 5) is 2.42. The molecule has 0 N–H and O–H groups in total. The molecule has 2 spiro atoms. The molecular weight excluding hydrogens is 390 g/mol. The summed E-state index contributed by atoms with van der Waals surface area (Å²) in [7, 11) is 4.48. The van der Waals surface area contributed by atoms with Crippen LogP contribution >= 0.6 is 0 Å². The molecule has 7 rings (SSSR count). The Morgan fingerprint density at radius 2 is 2.03 bits per heavy atom. The number of hydrogen-bond donors (Lipinski definition) is 0. The highest BCUT2D eigenvalue weighted by molar-refractivity contribution is 5.77. The molecule has 1 unspecified atom stereocenters. The maximum atomic E-state index is 7.39. The quantitative estimate of drug-likeness (QED) is 0.548. The Balaban J connectivity index is 1.28. The van der Waals surface area contributed by atoms with E-state index in [9.17, 15) is 0 Å². The third-order valence-electron chi connectivity index (χ3n) is 10.1. The number of allylic oxidation sites excluding steroid dienone is 4. The largest absolute Gasteiger partial charge is 0.359 e. The van der Waals surface area contributed by atoms with Crippen molar-refractivity contribution in [2.45, 2.75) is 75.5 Å². The van der Waals surface area contributed by atoms with Crippen LogP contribution in [-0.2, 0) is 11.2 Å². The Labute approximate surface area is 192 Å². The minimum atomic E-state index is -0.0837. The highest BCUT2D eigenvalue weighted by Gasteiger charge is 2.65. The van der Waals surface area contributed by atoms with Gasteiger partial charge in [-0.05, 0) is 105 Å². The van der Waals surface area contributed by atoms with Crippen LogP contribution in [0.5, 0.6) is 0 Å². The van der Waals surface area contributed by atoms with E-state index >= 15 is 0 Å². The van der Waals surface area contributed by atoms with E-state index < -0.39 is 0 Å². The van der Waals surface area contributed by atoms with E-state index in [0.29, 0.717) is 12.0 Å². The summed E-state index contributed by atoms with van der Waals surface area (Å²) in [6.07, 6.45) is 21.7. The van der Waals surface area contributed by atoms with E-state index in [-0.39, 0.29) is 16.6 Å². The molecule has 2 nitrogen and oxygen atoms in total. The van der Waals surface area contributed by atoms with Gasteiger partial charge in [0.25, 0.3) is 0 Å². The predicted molar refractivity (Wildman–Crippen MR) is 131 cm³/mol. The van der Waals surface area contributed by atoms with Crippen molar-refractivity contribution in [1.82, 2.24) is 4.90 Å². The number of rotatable bonds is 2. The number of fused-ring (bicyclic) bond motifs is 2. The van der Waals surface area contributed by atoms with Crippen LogP contribution in [0, 0.1) is 11.3 Å². The summed E-state index contributed by atoms with van der Waals surface area (Å²) in [6, 6.07) is 7.80. The van der Waals surface area contributed by atoms with Gasteiger partial charge in [-0.1, -0.05) is 49.4 Å². The van der Waals surface area contributed by atoms with E-state index in [4.69, 9.17) is 4.74 Å². The van der Waals surface area contributed by atoms with E-state index in [1.165, 1.54) is 54.4 Å². The van der Waals surface area contributed by atoms with Gasteiger partial charge in [0.2, 0.25) is 0 Å². The third-order valence-corrected chi connectivity index (χ3v) is 10.1. The lowest BCUT2D eigenvalue weighted by Gasteiger charge is -2.54. The molecule has 2 bridgehead atoms. The molecule has 0 radical (unpaired) electrons. The zero-order valence-corrected chi connectivity index (χ0v) is 19.8. The topological polar surface area (TPSA) is 12.5 Å². The van der Waals surface area contributed by atoms with E-state index in [1.807, 2.05) is 0 Å². The fourth-order valence-electron chi connectivity index (χ4n) is 8.27. The summed E-state index contributed by atoms with van der Waals surface area (Å²) < 4.78 is 7.39. The molecule has 2 heteroatoms. The van der Waals surface area contributed by atoms with Crippen molar-refractivity contribution < 1.29 is 4.74 Å². The van der Waals surface area contributed by atoms with Crippen LogP contribution in [0.2, 0.25) is 0 Å². The molecular formula is C30H35NO. The summed E-state index contributed by atoms with van der Waals surface area (Å²) in [5.74, 6) is 0.547. The van der Waals surface area contributed by atoms with Gasteiger partial charge in [-0.2, -0.15) is 0 Å². The van der Waals surface area contributed by atoms with Crippen LogP contribution in [0.1, 0.15) is 68.6 Å². The van der Waals surface area contributed by atoms with Crippen molar-refractivity contribution in [2.75, 3.05) is 14.1 Å². The second kappa shape index (κ2) is 6.36. The van der Waals surface area contributed by atoms with Crippen molar-refractivity contribution in [3.63, 3.8) is 0 Å². The summed E-state index contributed by atoms with van der Waals surface area (Å²) in [5.41, 5.74) is 9.04. The zero-order chi connectivity index (χ0) is 21.7. The molecule has 0 amide bonds. The molecule has 32 heavy (non-hydrogen) atoms. The Morgan fingerprint density at radius 3 is 2.91 bits per heavy atom. The highest BCUT2D eigenvalue weighted by atomic mass is 16.5. The molecule has 0 aromatic heterocycles. The molecule has 6 aliphatic rings. The lowest BCUT2D eigenvalue weighted by molar-refractivity contribution is -0.134. The van der Waals surface area contributed by atoms with Gasteiger partial charge in [-0.25, -0.2) is 0 Å². The van der Waals surface area contributed by atoms with Crippen molar-refractivity contribution >= 4 is 11.6 Å². The van der Waals surface area contributed by atoms with Gasteiger partial charge >= 0.3 is 0 Å². The van der Waals surface area contributed by atoms with Gasteiger partial charge in [0.05, 0.1) is 11.2 Å². The van der Waals surface area contributed by atoms with E-state index in [2.05, 4.69) is 74.5 Å². The second-order valence-corrected chi connectivity index (χ2v) is 11.7. The Kier molecular flexibility index (Phi) is 3.89. The average molecular weight is 426 g/mol. The second-order valence-electron chi connectivity index (χ2n) is 11.7. The van der Waals surface area contributed by atoms with Crippen molar-refractivity contribution in [3.05, 3.63) is 70.3 Å². The Hall–Kier alpha value is -1.90. The van der Waals surface area contributed by atoms with Crippen LogP contribution < -0.4 is 0 Å². The molecule has 1 aromatic carbocycles. The molecule has 1 saturated carbocycles. The van der Waals surface area contributed by atoms with Crippen molar-refractivity contribution in [3.8, 4) is 0 Å². The summed E-state index contributed by atoms with van der Waals surface area (Å²) in [6.45, 7) is 2.53. The van der Waals surface area contributed by atoms with Crippen molar-refractivity contribution in [1.29, 1.82) is 0 Å². The van der Waals surface area contributed by atoms with Crippen LogP contribution in [0.25, 0.3) is 11.6 Å². The van der Waals surface area contributed by atoms with Crippen LogP contribution in [0.15, 0.2) is 53.6 Å². The smallest absolute Gasteiger partial charge is 0.0980 e. The molecule has 1 saturated heterocycles. The Bertz CT molecular complexity index is 1140. The molecule has 166 valence electrons.